The van der Waals surface area contributed by atoms with E-state index in [1.165, 1.54) is 12.1 Å². The minimum Gasteiger partial charge on any atom is -0.339 e. The largest absolute Gasteiger partial charge is 0.339 e. The van der Waals surface area contributed by atoms with Crippen molar-refractivity contribution < 1.29 is 9.18 Å². The molecule has 0 fully saturated rings. The second-order valence-electron chi connectivity index (χ2n) is 9.46. The number of hydrogen-bond acceptors (Lipinski definition) is 3. The van der Waals surface area contributed by atoms with Gasteiger partial charge in [-0.1, -0.05) is 41.4 Å². The Morgan fingerprint density at radius 1 is 0.972 bits per heavy atom. The van der Waals surface area contributed by atoms with Crippen LogP contribution in [0.5, 0.6) is 0 Å². The number of halogens is 2. The van der Waals surface area contributed by atoms with Gasteiger partial charge in [0.25, 0.3) is 0 Å². The fourth-order valence-corrected chi connectivity index (χ4v) is 4.42. The summed E-state index contributed by atoms with van der Waals surface area (Å²) in [5.74, 6) is 1.09. The lowest BCUT2D eigenvalue weighted by Crippen LogP contribution is -2.41. The summed E-state index contributed by atoms with van der Waals surface area (Å²) in [6, 6.07) is 21.7. The smallest absolute Gasteiger partial charge is 0.237 e. The number of aromatic nitrogens is 2. The zero-order chi connectivity index (χ0) is 25.4. The van der Waals surface area contributed by atoms with Crippen molar-refractivity contribution in [3.63, 3.8) is 0 Å². The fourth-order valence-electron chi connectivity index (χ4n) is 4.29. The van der Waals surface area contributed by atoms with Crippen molar-refractivity contribution in [3.05, 3.63) is 107 Å². The number of benzene rings is 3. The summed E-state index contributed by atoms with van der Waals surface area (Å²) in [7, 11) is 0. The van der Waals surface area contributed by atoms with E-state index in [9.17, 15) is 9.18 Å². The number of amides is 1. The van der Waals surface area contributed by atoms with Crippen molar-refractivity contribution in [2.75, 3.05) is 5.32 Å². The van der Waals surface area contributed by atoms with E-state index >= 15 is 0 Å². The van der Waals surface area contributed by atoms with Crippen molar-refractivity contribution in [2.24, 2.45) is 0 Å². The Kier molecular flexibility index (Phi) is 6.14. The van der Waals surface area contributed by atoms with Crippen LogP contribution in [0.1, 0.15) is 30.8 Å². The Labute approximate surface area is 214 Å². The van der Waals surface area contributed by atoms with E-state index in [1.807, 2.05) is 67.9 Å². The predicted molar refractivity (Wildman–Crippen MR) is 142 cm³/mol. The molecule has 1 N–H and O–H groups in total. The van der Waals surface area contributed by atoms with Gasteiger partial charge in [-0.15, -0.1) is 0 Å². The van der Waals surface area contributed by atoms with E-state index in [0.29, 0.717) is 23.1 Å². The van der Waals surface area contributed by atoms with Gasteiger partial charge < -0.3 is 10.2 Å². The molecule has 7 heteroatoms. The second-order valence-corrected chi connectivity index (χ2v) is 9.89. The summed E-state index contributed by atoms with van der Waals surface area (Å²) in [5.41, 5.74) is 3.65. The average molecular weight is 501 g/mol. The molecule has 0 spiro atoms. The van der Waals surface area contributed by atoms with Crippen molar-refractivity contribution in [3.8, 4) is 11.3 Å². The van der Waals surface area contributed by atoms with E-state index in [-0.39, 0.29) is 11.7 Å². The molecule has 182 valence electrons. The number of carbonyl (C=O) groups excluding carboxylic acids is 1. The molecule has 0 saturated carbocycles. The molecule has 0 atom stereocenters. The molecule has 0 unspecified atom stereocenters. The highest BCUT2D eigenvalue weighted by molar-refractivity contribution is 6.30. The van der Waals surface area contributed by atoms with Gasteiger partial charge in [0.15, 0.2) is 0 Å². The molecule has 1 aliphatic rings. The molecule has 3 aromatic carbocycles. The highest BCUT2D eigenvalue weighted by Crippen LogP contribution is 2.35. The molecule has 5 rings (SSSR count). The third-order valence-electron chi connectivity index (χ3n) is 6.48. The van der Waals surface area contributed by atoms with Crippen LogP contribution in [0, 0.1) is 12.7 Å². The maximum atomic E-state index is 13.6. The van der Waals surface area contributed by atoms with E-state index in [0.717, 1.165) is 28.2 Å². The number of aryl methyl sites for hydroxylation is 1. The Morgan fingerprint density at radius 3 is 2.31 bits per heavy atom. The normalized spacial score (nSPS) is 13.0. The van der Waals surface area contributed by atoms with Crippen molar-refractivity contribution in [1.82, 2.24) is 14.5 Å². The monoisotopic (exact) mass is 500 g/mol. The van der Waals surface area contributed by atoms with Crippen LogP contribution >= 0.6 is 11.6 Å². The average Bonchev–Trinajstić information content (AvgIpc) is 3.23. The maximum absolute atomic E-state index is 13.6. The minimum atomic E-state index is -0.757. The quantitative estimate of drug-likeness (QED) is 0.317. The zero-order valence-electron chi connectivity index (χ0n) is 20.3. The summed E-state index contributed by atoms with van der Waals surface area (Å²) < 4.78 is 15.6. The first-order valence-electron chi connectivity index (χ1n) is 11.7. The number of hydrogen-bond donors (Lipinski definition) is 1. The first-order chi connectivity index (χ1) is 17.2. The van der Waals surface area contributed by atoms with Crippen LogP contribution in [-0.4, -0.2) is 20.4 Å². The standard InChI is InChI=1S/C29H26ClFN4O/c1-19-4-14-24(15-5-19)32-27-26(20-6-12-23(31)13-7-20)33-25-18-34(16-17-35(25)27)28(36)29(2,3)21-8-10-22(30)11-9-21/h4-17,32H,18H2,1-3H3. The molecular weight excluding hydrogens is 475 g/mol. The summed E-state index contributed by atoms with van der Waals surface area (Å²) in [5, 5.41) is 4.09. The molecule has 4 aromatic rings. The summed E-state index contributed by atoms with van der Waals surface area (Å²) in [4.78, 5) is 20.1. The van der Waals surface area contributed by atoms with E-state index in [2.05, 4.69) is 5.32 Å². The van der Waals surface area contributed by atoms with Crippen LogP contribution in [0.25, 0.3) is 17.5 Å². The molecule has 0 bridgehead atoms. The van der Waals surface area contributed by atoms with Crippen molar-refractivity contribution in [2.45, 2.75) is 32.7 Å². The van der Waals surface area contributed by atoms with Crippen LogP contribution in [0.2, 0.25) is 5.02 Å². The lowest BCUT2D eigenvalue weighted by atomic mass is 9.83. The lowest BCUT2D eigenvalue weighted by molar-refractivity contribution is -0.134. The third-order valence-corrected chi connectivity index (χ3v) is 6.74. The fraction of sp³-hybridized carbons (Fsp3) is 0.172. The predicted octanol–water partition coefficient (Wildman–Crippen LogP) is 7.14. The van der Waals surface area contributed by atoms with Gasteiger partial charge >= 0.3 is 0 Å². The Balaban J connectivity index is 1.50. The van der Waals surface area contributed by atoms with Gasteiger partial charge in [0.1, 0.15) is 23.2 Å². The Hall–Kier alpha value is -3.90. The van der Waals surface area contributed by atoms with Gasteiger partial charge in [-0.2, -0.15) is 0 Å². The molecule has 1 amide bonds. The van der Waals surface area contributed by atoms with Crippen LogP contribution in [0.3, 0.4) is 0 Å². The van der Waals surface area contributed by atoms with Gasteiger partial charge in [-0.05, 0) is 74.9 Å². The molecule has 5 nitrogen and oxygen atoms in total. The summed E-state index contributed by atoms with van der Waals surface area (Å²) in [6.45, 7) is 6.15. The van der Waals surface area contributed by atoms with Crippen LogP contribution in [-0.2, 0) is 16.8 Å². The Morgan fingerprint density at radius 2 is 1.64 bits per heavy atom. The molecular formula is C29H26ClFN4O. The SMILES string of the molecule is Cc1ccc(Nc2c(-c3ccc(F)cc3)nc3n2C=CN(C(=O)C(C)(C)c2ccc(Cl)cc2)C3)cc1. The van der Waals surface area contributed by atoms with E-state index in [4.69, 9.17) is 16.6 Å². The van der Waals surface area contributed by atoms with Gasteiger partial charge in [0.05, 0.1) is 12.0 Å². The lowest BCUT2D eigenvalue weighted by Gasteiger charge is -2.31. The number of fused-ring (bicyclic) bond motifs is 1. The van der Waals surface area contributed by atoms with Gasteiger partial charge in [0, 0.05) is 28.7 Å². The first-order valence-corrected chi connectivity index (χ1v) is 12.1. The number of anilines is 2. The molecule has 36 heavy (non-hydrogen) atoms. The molecule has 1 aliphatic heterocycles. The van der Waals surface area contributed by atoms with E-state index < -0.39 is 5.41 Å². The Bertz CT molecular complexity index is 1440. The van der Waals surface area contributed by atoms with Gasteiger partial charge in [0.2, 0.25) is 5.91 Å². The van der Waals surface area contributed by atoms with Crippen molar-refractivity contribution in [1.29, 1.82) is 0 Å². The van der Waals surface area contributed by atoms with Gasteiger partial charge in [-0.3, -0.25) is 9.36 Å². The molecule has 0 saturated heterocycles. The first kappa shape index (κ1) is 23.8. The number of carbonyl (C=O) groups is 1. The highest BCUT2D eigenvalue weighted by atomic mass is 35.5. The number of rotatable bonds is 5. The van der Waals surface area contributed by atoms with Crippen LogP contribution < -0.4 is 5.32 Å². The molecule has 0 radical (unpaired) electrons. The second kappa shape index (κ2) is 9.28. The third kappa shape index (κ3) is 4.52. The molecule has 0 aliphatic carbocycles. The van der Waals surface area contributed by atoms with Crippen molar-refractivity contribution >= 4 is 35.2 Å². The zero-order valence-corrected chi connectivity index (χ0v) is 21.1. The molecule has 1 aromatic heterocycles. The molecule has 2 heterocycles. The van der Waals surface area contributed by atoms with E-state index in [1.54, 1.807) is 35.4 Å². The number of imidazole rings is 1. The number of nitrogens with one attached hydrogen (secondary N) is 1. The van der Waals surface area contributed by atoms with Crippen LogP contribution in [0.4, 0.5) is 15.9 Å². The van der Waals surface area contributed by atoms with Gasteiger partial charge in [-0.25, -0.2) is 9.37 Å². The van der Waals surface area contributed by atoms with Crippen LogP contribution in [0.15, 0.2) is 79.0 Å². The number of nitrogens with zero attached hydrogens (tertiary/aromatic N) is 3. The highest BCUT2D eigenvalue weighted by Gasteiger charge is 2.35. The minimum absolute atomic E-state index is 0.0494. The topological polar surface area (TPSA) is 50.2 Å². The summed E-state index contributed by atoms with van der Waals surface area (Å²) >= 11 is 6.04. The summed E-state index contributed by atoms with van der Waals surface area (Å²) in [6.07, 6.45) is 3.62. The maximum Gasteiger partial charge on any atom is 0.237 e.